The monoisotopic (exact) mass is 344 g/mol. The molecule has 1 aliphatic heterocycles. The number of benzene rings is 1. The number of likely N-dealkylation sites (tertiary alicyclic amines) is 1. The van der Waals surface area contributed by atoms with Gasteiger partial charge in [-0.25, -0.2) is 4.39 Å². The zero-order valence-electron chi connectivity index (χ0n) is 15.0. The van der Waals surface area contributed by atoms with E-state index in [-0.39, 0.29) is 29.7 Å². The fourth-order valence-electron chi connectivity index (χ4n) is 5.62. The standard InChI is InChI=1S/C21H29FN2O/c1-13-8-9-24(20(13)16-6-3-7-18(22)12-16)21(25)17-10-14-4-2-5-15(11-17)19(14)23/h3,6-7,12-15,17,19-20H,2,4-5,8-11,23H2,1H3. The molecule has 4 unspecified atom stereocenters. The average Bonchev–Trinajstić information content (AvgIpc) is 2.95. The summed E-state index contributed by atoms with van der Waals surface area (Å²) in [6, 6.07) is 7.08. The highest BCUT2D eigenvalue weighted by molar-refractivity contribution is 5.80. The number of hydrogen-bond acceptors (Lipinski definition) is 2. The van der Waals surface area contributed by atoms with Crippen LogP contribution in [-0.2, 0) is 4.79 Å². The van der Waals surface area contributed by atoms with Gasteiger partial charge in [-0.05, 0) is 67.6 Å². The minimum atomic E-state index is -0.220. The zero-order valence-corrected chi connectivity index (χ0v) is 15.0. The van der Waals surface area contributed by atoms with Gasteiger partial charge in [-0.15, -0.1) is 0 Å². The van der Waals surface area contributed by atoms with Crippen LogP contribution < -0.4 is 5.73 Å². The largest absolute Gasteiger partial charge is 0.335 e. The van der Waals surface area contributed by atoms with Gasteiger partial charge in [0.2, 0.25) is 5.91 Å². The summed E-state index contributed by atoms with van der Waals surface area (Å²) in [7, 11) is 0. The minimum Gasteiger partial charge on any atom is -0.335 e. The molecule has 1 amide bonds. The highest BCUT2D eigenvalue weighted by atomic mass is 19.1. The predicted molar refractivity (Wildman–Crippen MR) is 96.2 cm³/mol. The molecule has 0 spiro atoms. The lowest BCUT2D eigenvalue weighted by Gasteiger charge is -2.44. The molecule has 0 radical (unpaired) electrons. The number of nitrogens with zero attached hydrogens (tertiary/aromatic N) is 1. The van der Waals surface area contributed by atoms with Crippen LogP contribution in [0.25, 0.3) is 0 Å². The number of amides is 1. The van der Waals surface area contributed by atoms with E-state index in [1.54, 1.807) is 12.1 Å². The summed E-state index contributed by atoms with van der Waals surface area (Å²) in [6.07, 6.45) is 6.48. The summed E-state index contributed by atoms with van der Waals surface area (Å²) in [5, 5.41) is 0. The van der Waals surface area contributed by atoms with Gasteiger partial charge in [-0.3, -0.25) is 4.79 Å². The van der Waals surface area contributed by atoms with Crippen molar-refractivity contribution >= 4 is 5.91 Å². The van der Waals surface area contributed by atoms with Crippen LogP contribution in [-0.4, -0.2) is 23.4 Å². The Morgan fingerprint density at radius 1 is 1.20 bits per heavy atom. The molecule has 3 aliphatic rings. The molecular formula is C21H29FN2O. The maximum Gasteiger partial charge on any atom is 0.226 e. The molecule has 1 aromatic carbocycles. The van der Waals surface area contributed by atoms with Crippen molar-refractivity contribution in [2.45, 2.75) is 57.5 Å². The molecule has 3 fully saturated rings. The van der Waals surface area contributed by atoms with Crippen LogP contribution in [0, 0.1) is 29.5 Å². The van der Waals surface area contributed by atoms with Gasteiger partial charge in [-0.1, -0.05) is 25.5 Å². The molecule has 4 heteroatoms. The van der Waals surface area contributed by atoms with E-state index in [9.17, 15) is 9.18 Å². The number of hydrogen-bond donors (Lipinski definition) is 1. The molecule has 2 N–H and O–H groups in total. The minimum absolute atomic E-state index is 0.0126. The number of rotatable bonds is 2. The van der Waals surface area contributed by atoms with Gasteiger partial charge < -0.3 is 10.6 Å². The van der Waals surface area contributed by atoms with Crippen molar-refractivity contribution in [3.63, 3.8) is 0 Å². The molecule has 2 aliphatic carbocycles. The SMILES string of the molecule is CC1CCN(C(=O)C2CC3CCCC(C2)C3N)C1c1cccc(F)c1. The number of nitrogens with two attached hydrogens (primary N) is 1. The lowest BCUT2D eigenvalue weighted by Crippen LogP contribution is -2.49. The third-order valence-corrected chi connectivity index (χ3v) is 6.94. The van der Waals surface area contributed by atoms with Crippen molar-refractivity contribution < 1.29 is 9.18 Å². The van der Waals surface area contributed by atoms with E-state index >= 15 is 0 Å². The zero-order chi connectivity index (χ0) is 17.6. The molecule has 0 aromatic heterocycles. The Balaban J connectivity index is 1.55. The molecule has 2 bridgehead atoms. The summed E-state index contributed by atoms with van der Waals surface area (Å²) in [5.74, 6) is 1.56. The quantitative estimate of drug-likeness (QED) is 0.885. The average molecular weight is 344 g/mol. The first-order chi connectivity index (χ1) is 12.0. The van der Waals surface area contributed by atoms with Crippen molar-refractivity contribution in [1.82, 2.24) is 4.90 Å². The van der Waals surface area contributed by atoms with Crippen molar-refractivity contribution in [3.05, 3.63) is 35.6 Å². The van der Waals surface area contributed by atoms with Gasteiger partial charge in [0.1, 0.15) is 5.82 Å². The van der Waals surface area contributed by atoms with E-state index in [1.807, 2.05) is 11.0 Å². The molecule has 4 atom stereocenters. The molecule has 1 saturated heterocycles. The Hall–Kier alpha value is -1.42. The van der Waals surface area contributed by atoms with Crippen LogP contribution in [0.15, 0.2) is 24.3 Å². The van der Waals surface area contributed by atoms with Gasteiger partial charge in [0.25, 0.3) is 0 Å². The maximum atomic E-state index is 13.7. The molecule has 2 saturated carbocycles. The van der Waals surface area contributed by atoms with Crippen molar-refractivity contribution in [3.8, 4) is 0 Å². The number of halogens is 1. The lowest BCUT2D eigenvalue weighted by atomic mass is 9.65. The van der Waals surface area contributed by atoms with E-state index in [0.717, 1.165) is 31.4 Å². The maximum absolute atomic E-state index is 13.7. The van der Waals surface area contributed by atoms with E-state index in [4.69, 9.17) is 5.73 Å². The number of carbonyl (C=O) groups excluding carboxylic acids is 1. The molecule has 3 nitrogen and oxygen atoms in total. The van der Waals surface area contributed by atoms with Crippen LogP contribution in [0.5, 0.6) is 0 Å². The van der Waals surface area contributed by atoms with Crippen LogP contribution in [0.3, 0.4) is 0 Å². The lowest BCUT2D eigenvalue weighted by molar-refractivity contribution is -0.140. The summed E-state index contributed by atoms with van der Waals surface area (Å²) in [6.45, 7) is 2.97. The Morgan fingerprint density at radius 2 is 1.92 bits per heavy atom. The van der Waals surface area contributed by atoms with Gasteiger partial charge in [-0.2, -0.15) is 0 Å². The Labute approximate surface area is 149 Å². The predicted octanol–water partition coefficient (Wildman–Crippen LogP) is 3.89. The van der Waals surface area contributed by atoms with Crippen molar-refractivity contribution in [2.75, 3.05) is 6.54 Å². The molecule has 1 aromatic rings. The second-order valence-electron chi connectivity index (χ2n) is 8.49. The summed E-state index contributed by atoms with van der Waals surface area (Å²) < 4.78 is 13.7. The highest BCUT2D eigenvalue weighted by Gasteiger charge is 2.44. The first kappa shape index (κ1) is 17.0. The van der Waals surface area contributed by atoms with Crippen molar-refractivity contribution in [1.29, 1.82) is 0 Å². The molecule has 136 valence electrons. The topological polar surface area (TPSA) is 46.3 Å². The molecule has 4 rings (SSSR count). The van der Waals surface area contributed by atoms with Crippen LogP contribution in [0.4, 0.5) is 4.39 Å². The first-order valence-corrected chi connectivity index (χ1v) is 9.86. The molecule has 1 heterocycles. The fourth-order valence-corrected chi connectivity index (χ4v) is 5.62. The van der Waals surface area contributed by atoms with E-state index in [0.29, 0.717) is 17.8 Å². The van der Waals surface area contributed by atoms with E-state index < -0.39 is 0 Å². The highest BCUT2D eigenvalue weighted by Crippen LogP contribution is 2.45. The smallest absolute Gasteiger partial charge is 0.226 e. The third-order valence-electron chi connectivity index (χ3n) is 6.94. The third kappa shape index (κ3) is 3.10. The van der Waals surface area contributed by atoms with Crippen LogP contribution in [0.2, 0.25) is 0 Å². The second-order valence-corrected chi connectivity index (χ2v) is 8.49. The van der Waals surface area contributed by atoms with Gasteiger partial charge in [0.05, 0.1) is 6.04 Å². The number of carbonyl (C=O) groups is 1. The first-order valence-electron chi connectivity index (χ1n) is 9.86. The second kappa shape index (κ2) is 6.71. The summed E-state index contributed by atoms with van der Waals surface area (Å²) in [5.41, 5.74) is 7.33. The Morgan fingerprint density at radius 3 is 2.60 bits per heavy atom. The normalized spacial score (nSPS) is 38.0. The Bertz CT molecular complexity index is 635. The molecule has 25 heavy (non-hydrogen) atoms. The van der Waals surface area contributed by atoms with Gasteiger partial charge in [0.15, 0.2) is 0 Å². The number of fused-ring (bicyclic) bond motifs is 2. The van der Waals surface area contributed by atoms with E-state index in [1.165, 1.54) is 25.3 Å². The Kier molecular flexibility index (Phi) is 4.57. The van der Waals surface area contributed by atoms with Gasteiger partial charge >= 0.3 is 0 Å². The van der Waals surface area contributed by atoms with E-state index in [2.05, 4.69) is 6.92 Å². The van der Waals surface area contributed by atoms with Crippen LogP contribution in [0.1, 0.15) is 57.1 Å². The molecular weight excluding hydrogens is 315 g/mol. The van der Waals surface area contributed by atoms with Crippen LogP contribution >= 0.6 is 0 Å². The summed E-state index contributed by atoms with van der Waals surface area (Å²) in [4.78, 5) is 15.4. The van der Waals surface area contributed by atoms with Crippen molar-refractivity contribution in [2.24, 2.45) is 29.4 Å². The van der Waals surface area contributed by atoms with Gasteiger partial charge in [0, 0.05) is 18.5 Å². The fraction of sp³-hybridized carbons (Fsp3) is 0.667. The summed E-state index contributed by atoms with van der Waals surface area (Å²) >= 11 is 0.